The SMILES string of the molecule is OCC1C[CH]CCO1. The second-order valence-corrected chi connectivity index (χ2v) is 1.99. The smallest absolute Gasteiger partial charge is 0.0808 e. The monoisotopic (exact) mass is 115 g/mol. The Morgan fingerprint density at radius 3 is 3.00 bits per heavy atom. The lowest BCUT2D eigenvalue weighted by atomic mass is 10.1. The van der Waals surface area contributed by atoms with Crippen molar-refractivity contribution in [2.24, 2.45) is 0 Å². The molecule has 1 fully saturated rings. The van der Waals surface area contributed by atoms with Crippen LogP contribution in [0.4, 0.5) is 0 Å². The minimum Gasteiger partial charge on any atom is -0.394 e. The molecule has 1 radical (unpaired) electrons. The first-order valence-corrected chi connectivity index (χ1v) is 2.97. The fourth-order valence-corrected chi connectivity index (χ4v) is 0.817. The summed E-state index contributed by atoms with van der Waals surface area (Å²) in [5.41, 5.74) is 0. The normalized spacial score (nSPS) is 30.4. The standard InChI is InChI=1S/C6H11O2/c7-5-6-3-1-2-4-8-6/h1,6-7H,2-5H2. The third kappa shape index (κ3) is 1.46. The molecule has 0 aromatic carbocycles. The van der Waals surface area contributed by atoms with Gasteiger partial charge in [0.1, 0.15) is 0 Å². The zero-order valence-electron chi connectivity index (χ0n) is 4.84. The summed E-state index contributed by atoms with van der Waals surface area (Å²) in [5, 5.41) is 8.55. The highest BCUT2D eigenvalue weighted by molar-refractivity contribution is 4.75. The Morgan fingerprint density at radius 1 is 1.75 bits per heavy atom. The number of aliphatic hydroxyl groups is 1. The molecule has 1 unspecified atom stereocenters. The van der Waals surface area contributed by atoms with Gasteiger partial charge in [-0.15, -0.1) is 0 Å². The zero-order valence-corrected chi connectivity index (χ0v) is 4.84. The van der Waals surface area contributed by atoms with E-state index in [1.54, 1.807) is 0 Å². The van der Waals surface area contributed by atoms with Crippen LogP contribution in [0, 0.1) is 6.42 Å². The molecule has 0 amide bonds. The predicted molar refractivity (Wildman–Crippen MR) is 30.4 cm³/mol. The van der Waals surface area contributed by atoms with Gasteiger partial charge < -0.3 is 9.84 Å². The summed E-state index contributed by atoms with van der Waals surface area (Å²) in [7, 11) is 0. The van der Waals surface area contributed by atoms with Crippen LogP contribution < -0.4 is 0 Å². The molecule has 0 aromatic rings. The van der Waals surface area contributed by atoms with Crippen LogP contribution in [0.15, 0.2) is 0 Å². The van der Waals surface area contributed by atoms with Gasteiger partial charge in [-0.05, 0) is 19.3 Å². The Kier molecular flexibility index (Phi) is 2.30. The maximum absolute atomic E-state index is 8.55. The molecule has 1 N–H and O–H groups in total. The lowest BCUT2D eigenvalue weighted by molar-refractivity contribution is -0.00245. The van der Waals surface area contributed by atoms with Crippen molar-refractivity contribution in [3.05, 3.63) is 6.42 Å². The van der Waals surface area contributed by atoms with E-state index in [4.69, 9.17) is 9.84 Å². The van der Waals surface area contributed by atoms with Crippen LogP contribution in [-0.2, 0) is 4.74 Å². The maximum Gasteiger partial charge on any atom is 0.0808 e. The number of aliphatic hydroxyl groups excluding tert-OH is 1. The average molecular weight is 115 g/mol. The van der Waals surface area contributed by atoms with E-state index >= 15 is 0 Å². The lowest BCUT2D eigenvalue weighted by Crippen LogP contribution is -2.22. The van der Waals surface area contributed by atoms with E-state index in [0.29, 0.717) is 0 Å². The number of rotatable bonds is 1. The molecule has 8 heavy (non-hydrogen) atoms. The van der Waals surface area contributed by atoms with Crippen molar-refractivity contribution in [3.63, 3.8) is 0 Å². The van der Waals surface area contributed by atoms with E-state index in [9.17, 15) is 0 Å². The number of hydrogen-bond acceptors (Lipinski definition) is 2. The Labute approximate surface area is 49.5 Å². The highest BCUT2D eigenvalue weighted by Gasteiger charge is 2.11. The summed E-state index contributed by atoms with van der Waals surface area (Å²) in [6.07, 6.45) is 4.20. The van der Waals surface area contributed by atoms with E-state index in [0.717, 1.165) is 19.4 Å². The maximum atomic E-state index is 8.55. The lowest BCUT2D eigenvalue weighted by Gasteiger charge is -2.19. The van der Waals surface area contributed by atoms with Crippen molar-refractivity contribution in [2.75, 3.05) is 13.2 Å². The van der Waals surface area contributed by atoms with Crippen molar-refractivity contribution in [1.29, 1.82) is 0 Å². The summed E-state index contributed by atoms with van der Waals surface area (Å²) < 4.78 is 5.15. The highest BCUT2D eigenvalue weighted by atomic mass is 16.5. The second-order valence-electron chi connectivity index (χ2n) is 1.99. The van der Waals surface area contributed by atoms with E-state index in [1.807, 2.05) is 0 Å². The Morgan fingerprint density at radius 2 is 2.62 bits per heavy atom. The van der Waals surface area contributed by atoms with Gasteiger partial charge in [-0.3, -0.25) is 0 Å². The van der Waals surface area contributed by atoms with E-state index in [2.05, 4.69) is 6.42 Å². The van der Waals surface area contributed by atoms with Crippen LogP contribution in [0.2, 0.25) is 0 Å². The first kappa shape index (κ1) is 6.05. The molecular formula is C6H11O2. The van der Waals surface area contributed by atoms with Gasteiger partial charge in [0.15, 0.2) is 0 Å². The van der Waals surface area contributed by atoms with Gasteiger partial charge >= 0.3 is 0 Å². The van der Waals surface area contributed by atoms with Gasteiger partial charge in [0.05, 0.1) is 12.7 Å². The van der Waals surface area contributed by atoms with Crippen LogP contribution in [0.25, 0.3) is 0 Å². The molecule has 0 bridgehead atoms. The minimum absolute atomic E-state index is 0.0868. The third-order valence-corrected chi connectivity index (χ3v) is 1.31. The van der Waals surface area contributed by atoms with Crippen molar-refractivity contribution in [2.45, 2.75) is 18.9 Å². The van der Waals surface area contributed by atoms with Gasteiger partial charge in [0.25, 0.3) is 0 Å². The molecule has 1 rings (SSSR count). The van der Waals surface area contributed by atoms with Crippen LogP contribution >= 0.6 is 0 Å². The quantitative estimate of drug-likeness (QED) is 0.534. The number of ether oxygens (including phenoxy) is 1. The minimum atomic E-state index is 0.0868. The van der Waals surface area contributed by atoms with Gasteiger partial charge in [0.2, 0.25) is 0 Å². The molecule has 1 saturated heterocycles. The van der Waals surface area contributed by atoms with Gasteiger partial charge in [-0.25, -0.2) is 0 Å². The fraction of sp³-hybridized carbons (Fsp3) is 0.833. The van der Waals surface area contributed by atoms with Gasteiger partial charge in [0, 0.05) is 6.61 Å². The Hall–Kier alpha value is -0.0800. The molecule has 0 spiro atoms. The molecular weight excluding hydrogens is 104 g/mol. The van der Waals surface area contributed by atoms with Crippen molar-refractivity contribution < 1.29 is 9.84 Å². The summed E-state index contributed by atoms with van der Waals surface area (Å²) in [5.74, 6) is 0. The molecule has 2 nitrogen and oxygen atoms in total. The summed E-state index contributed by atoms with van der Waals surface area (Å²) in [6.45, 7) is 0.946. The van der Waals surface area contributed by atoms with Crippen molar-refractivity contribution >= 4 is 0 Å². The van der Waals surface area contributed by atoms with Crippen LogP contribution in [0.5, 0.6) is 0 Å². The average Bonchev–Trinajstić information content (AvgIpc) is 1.90. The molecule has 0 aromatic heterocycles. The predicted octanol–water partition coefficient (Wildman–Crippen LogP) is 0.362. The van der Waals surface area contributed by atoms with Crippen molar-refractivity contribution in [3.8, 4) is 0 Å². The fourth-order valence-electron chi connectivity index (χ4n) is 0.817. The molecule has 1 aliphatic rings. The second kappa shape index (κ2) is 3.05. The molecule has 0 aliphatic carbocycles. The molecule has 1 heterocycles. The van der Waals surface area contributed by atoms with E-state index in [1.165, 1.54) is 0 Å². The highest BCUT2D eigenvalue weighted by Crippen LogP contribution is 2.09. The first-order chi connectivity index (χ1) is 3.93. The first-order valence-electron chi connectivity index (χ1n) is 2.97. The van der Waals surface area contributed by atoms with Crippen LogP contribution in [-0.4, -0.2) is 24.4 Å². The third-order valence-electron chi connectivity index (χ3n) is 1.31. The van der Waals surface area contributed by atoms with Gasteiger partial charge in [-0.1, -0.05) is 0 Å². The summed E-state index contributed by atoms with van der Waals surface area (Å²) in [4.78, 5) is 0. The summed E-state index contributed by atoms with van der Waals surface area (Å²) in [6, 6.07) is 0. The van der Waals surface area contributed by atoms with E-state index in [-0.39, 0.29) is 12.7 Å². The van der Waals surface area contributed by atoms with Crippen molar-refractivity contribution in [1.82, 2.24) is 0 Å². The Bertz CT molecular complexity index is 57.5. The molecule has 1 atom stereocenters. The zero-order chi connectivity index (χ0) is 5.82. The van der Waals surface area contributed by atoms with Gasteiger partial charge in [-0.2, -0.15) is 0 Å². The van der Waals surface area contributed by atoms with Crippen LogP contribution in [0.3, 0.4) is 0 Å². The van der Waals surface area contributed by atoms with Crippen LogP contribution in [0.1, 0.15) is 12.8 Å². The molecule has 0 saturated carbocycles. The Balaban J connectivity index is 2.13. The largest absolute Gasteiger partial charge is 0.394 e. The topological polar surface area (TPSA) is 29.5 Å². The number of hydrogen-bond donors (Lipinski definition) is 1. The summed E-state index contributed by atoms with van der Waals surface area (Å²) >= 11 is 0. The molecule has 47 valence electrons. The van der Waals surface area contributed by atoms with E-state index < -0.39 is 0 Å². The molecule has 1 aliphatic heterocycles. The molecule has 2 heteroatoms.